The maximum atomic E-state index is 12.3. The highest BCUT2D eigenvalue weighted by Gasteiger charge is 2.10. The van der Waals surface area contributed by atoms with E-state index in [-0.39, 0.29) is 5.91 Å². The summed E-state index contributed by atoms with van der Waals surface area (Å²) in [7, 11) is 0. The van der Waals surface area contributed by atoms with Crippen LogP contribution in [0.25, 0.3) is 0 Å². The van der Waals surface area contributed by atoms with Gasteiger partial charge in [0.2, 0.25) is 0 Å². The lowest BCUT2D eigenvalue weighted by molar-refractivity contribution is 0.0947. The van der Waals surface area contributed by atoms with E-state index >= 15 is 0 Å². The number of carbonyl (C=O) groups excluding carboxylic acids is 1. The Bertz CT molecular complexity index is 763. The molecule has 1 heterocycles. The van der Waals surface area contributed by atoms with Crippen LogP contribution >= 0.6 is 0 Å². The second-order valence-electron chi connectivity index (χ2n) is 7.76. The first-order chi connectivity index (χ1) is 13.6. The van der Waals surface area contributed by atoms with Crippen molar-refractivity contribution in [3.05, 3.63) is 64.7 Å². The van der Waals surface area contributed by atoms with Crippen molar-refractivity contribution in [2.24, 2.45) is 0 Å². The van der Waals surface area contributed by atoms with Gasteiger partial charge in [-0.15, -0.1) is 0 Å². The Morgan fingerprint density at radius 1 is 1.00 bits per heavy atom. The second kappa shape index (κ2) is 10.3. The van der Waals surface area contributed by atoms with E-state index in [9.17, 15) is 4.79 Å². The average molecular weight is 381 g/mol. The van der Waals surface area contributed by atoms with E-state index in [2.05, 4.69) is 34.5 Å². The molecule has 1 fully saturated rings. The molecule has 1 saturated heterocycles. The van der Waals surface area contributed by atoms with Crippen molar-refractivity contribution in [1.29, 1.82) is 0 Å². The number of amides is 1. The van der Waals surface area contributed by atoms with E-state index in [1.807, 2.05) is 32.0 Å². The largest absolute Gasteiger partial charge is 0.491 e. The number of rotatable bonds is 7. The van der Waals surface area contributed by atoms with Crippen LogP contribution in [0.1, 0.15) is 52.7 Å². The van der Waals surface area contributed by atoms with Crippen LogP contribution in [-0.4, -0.2) is 37.0 Å². The molecule has 2 aromatic rings. The maximum Gasteiger partial charge on any atom is 0.251 e. The van der Waals surface area contributed by atoms with Crippen molar-refractivity contribution in [3.8, 4) is 5.75 Å². The normalized spacial score (nSPS) is 15.1. The molecular formula is C24H32N2O2. The number of nitrogens with zero attached hydrogens (tertiary/aromatic N) is 1. The molecule has 0 unspecified atom stereocenters. The summed E-state index contributed by atoms with van der Waals surface area (Å²) < 4.78 is 5.80. The molecule has 150 valence electrons. The minimum absolute atomic E-state index is 0.0501. The van der Waals surface area contributed by atoms with Crippen molar-refractivity contribution in [2.45, 2.75) is 46.1 Å². The van der Waals surface area contributed by atoms with Gasteiger partial charge < -0.3 is 10.1 Å². The van der Waals surface area contributed by atoms with Crippen LogP contribution < -0.4 is 10.1 Å². The van der Waals surface area contributed by atoms with Crippen molar-refractivity contribution < 1.29 is 9.53 Å². The van der Waals surface area contributed by atoms with E-state index in [4.69, 9.17) is 4.74 Å². The molecule has 2 aromatic carbocycles. The number of carbonyl (C=O) groups is 1. The highest BCUT2D eigenvalue weighted by atomic mass is 16.5. The van der Waals surface area contributed by atoms with Crippen LogP contribution in [0.15, 0.2) is 42.5 Å². The number of benzene rings is 2. The third kappa shape index (κ3) is 6.10. The molecule has 0 radical (unpaired) electrons. The van der Waals surface area contributed by atoms with Crippen LogP contribution in [0.4, 0.5) is 0 Å². The Kier molecular flexibility index (Phi) is 7.49. The third-order valence-electron chi connectivity index (χ3n) is 5.31. The van der Waals surface area contributed by atoms with Gasteiger partial charge >= 0.3 is 0 Å². The number of hydrogen-bond acceptors (Lipinski definition) is 3. The fraction of sp³-hybridized carbons (Fsp3) is 0.458. The van der Waals surface area contributed by atoms with E-state index in [1.54, 1.807) is 0 Å². The summed E-state index contributed by atoms with van der Waals surface area (Å²) >= 11 is 0. The van der Waals surface area contributed by atoms with E-state index in [0.29, 0.717) is 18.7 Å². The molecule has 4 heteroatoms. The zero-order valence-corrected chi connectivity index (χ0v) is 17.2. The van der Waals surface area contributed by atoms with Gasteiger partial charge in [0.05, 0.1) is 6.54 Å². The number of likely N-dealkylation sites (tertiary alicyclic amines) is 1. The first-order valence-corrected chi connectivity index (χ1v) is 10.4. The average Bonchev–Trinajstić information content (AvgIpc) is 2.97. The number of aryl methyl sites for hydroxylation is 2. The Morgan fingerprint density at radius 3 is 2.43 bits per heavy atom. The Morgan fingerprint density at radius 2 is 1.71 bits per heavy atom. The van der Waals surface area contributed by atoms with Crippen molar-refractivity contribution in [2.75, 3.05) is 26.2 Å². The summed E-state index contributed by atoms with van der Waals surface area (Å²) in [4.78, 5) is 14.9. The molecule has 28 heavy (non-hydrogen) atoms. The quantitative estimate of drug-likeness (QED) is 0.720. The smallest absolute Gasteiger partial charge is 0.251 e. The summed E-state index contributed by atoms with van der Waals surface area (Å²) in [6.45, 7) is 8.37. The van der Waals surface area contributed by atoms with Crippen molar-refractivity contribution >= 4 is 5.91 Å². The number of ether oxygens (including phenoxy) is 1. The molecule has 1 aliphatic heterocycles. The highest BCUT2D eigenvalue weighted by molar-refractivity contribution is 5.94. The fourth-order valence-corrected chi connectivity index (χ4v) is 3.60. The molecular weight excluding hydrogens is 348 g/mol. The lowest BCUT2D eigenvalue weighted by Crippen LogP contribution is -2.28. The minimum atomic E-state index is -0.0501. The van der Waals surface area contributed by atoms with Gasteiger partial charge in [-0.3, -0.25) is 9.69 Å². The molecule has 0 spiro atoms. The summed E-state index contributed by atoms with van der Waals surface area (Å²) in [5, 5.41) is 2.94. The number of nitrogens with one attached hydrogen (secondary N) is 1. The van der Waals surface area contributed by atoms with Gasteiger partial charge in [0.25, 0.3) is 5.91 Å². The van der Waals surface area contributed by atoms with Crippen molar-refractivity contribution in [3.63, 3.8) is 0 Å². The third-order valence-corrected chi connectivity index (χ3v) is 5.31. The van der Waals surface area contributed by atoms with Crippen LogP contribution in [0.3, 0.4) is 0 Å². The monoisotopic (exact) mass is 380 g/mol. The fourth-order valence-electron chi connectivity index (χ4n) is 3.60. The van der Waals surface area contributed by atoms with Gasteiger partial charge in [0.15, 0.2) is 0 Å². The first-order valence-electron chi connectivity index (χ1n) is 10.4. The van der Waals surface area contributed by atoms with E-state index in [0.717, 1.165) is 17.9 Å². The van der Waals surface area contributed by atoms with E-state index in [1.165, 1.54) is 49.9 Å². The summed E-state index contributed by atoms with van der Waals surface area (Å²) in [5.74, 6) is 0.831. The first kappa shape index (κ1) is 20.4. The van der Waals surface area contributed by atoms with Crippen LogP contribution in [-0.2, 0) is 6.54 Å². The minimum Gasteiger partial charge on any atom is -0.491 e. The predicted molar refractivity (Wildman–Crippen MR) is 114 cm³/mol. The Balaban J connectivity index is 1.43. The molecule has 1 amide bonds. The maximum absolute atomic E-state index is 12.3. The lowest BCUT2D eigenvalue weighted by atomic mass is 10.1. The molecule has 3 rings (SSSR count). The molecule has 0 aliphatic carbocycles. The van der Waals surface area contributed by atoms with Crippen LogP contribution in [0.5, 0.6) is 5.75 Å². The van der Waals surface area contributed by atoms with Crippen LogP contribution in [0.2, 0.25) is 0 Å². The summed E-state index contributed by atoms with van der Waals surface area (Å²) in [5.41, 5.74) is 4.25. The molecule has 0 atom stereocenters. The highest BCUT2D eigenvalue weighted by Crippen LogP contribution is 2.18. The topological polar surface area (TPSA) is 41.6 Å². The molecule has 1 aliphatic rings. The zero-order valence-electron chi connectivity index (χ0n) is 17.2. The van der Waals surface area contributed by atoms with Gasteiger partial charge in [-0.25, -0.2) is 0 Å². The molecule has 1 N–H and O–H groups in total. The summed E-state index contributed by atoms with van der Waals surface area (Å²) in [6.07, 6.45) is 5.29. The second-order valence-corrected chi connectivity index (χ2v) is 7.76. The lowest BCUT2D eigenvalue weighted by Gasteiger charge is -2.19. The molecule has 0 aromatic heterocycles. The Labute approximate surface area is 168 Å². The van der Waals surface area contributed by atoms with Gasteiger partial charge in [-0.1, -0.05) is 37.1 Å². The predicted octanol–water partition coefficient (Wildman–Crippen LogP) is 4.49. The standard InChI is InChI=1S/C24H32N2O2/c1-19-7-8-20(2)23(17-19)28-16-13-25-24(27)22-11-9-21(10-12-22)18-26-14-5-3-4-6-15-26/h7-12,17H,3-6,13-16,18H2,1-2H3,(H,25,27). The Hall–Kier alpha value is -2.33. The van der Waals surface area contributed by atoms with Gasteiger partial charge in [0.1, 0.15) is 12.4 Å². The summed E-state index contributed by atoms with van der Waals surface area (Å²) in [6, 6.07) is 14.2. The number of hydrogen-bond donors (Lipinski definition) is 1. The molecule has 0 bridgehead atoms. The van der Waals surface area contributed by atoms with Gasteiger partial charge in [0, 0.05) is 12.1 Å². The van der Waals surface area contributed by atoms with Gasteiger partial charge in [-0.2, -0.15) is 0 Å². The SMILES string of the molecule is Cc1ccc(C)c(OCCNC(=O)c2ccc(CN3CCCCCC3)cc2)c1. The molecule has 0 saturated carbocycles. The van der Waals surface area contributed by atoms with Crippen LogP contribution in [0, 0.1) is 13.8 Å². The van der Waals surface area contributed by atoms with Gasteiger partial charge in [-0.05, 0) is 74.7 Å². The zero-order chi connectivity index (χ0) is 19.8. The molecule has 4 nitrogen and oxygen atoms in total. The van der Waals surface area contributed by atoms with Crippen molar-refractivity contribution in [1.82, 2.24) is 10.2 Å². The van der Waals surface area contributed by atoms with E-state index < -0.39 is 0 Å².